The maximum atomic E-state index is 12.4. The number of carbonyl (C=O) groups is 1. The number of nitrogens with zero attached hydrogens (tertiary/aromatic N) is 4. The second-order valence-corrected chi connectivity index (χ2v) is 7.79. The summed E-state index contributed by atoms with van der Waals surface area (Å²) in [5, 5.41) is 13.6. The Morgan fingerprint density at radius 3 is 2.25 bits per heavy atom. The first kappa shape index (κ1) is 21.3. The van der Waals surface area contributed by atoms with Gasteiger partial charge in [-0.05, 0) is 43.0 Å². The van der Waals surface area contributed by atoms with E-state index < -0.39 is 5.97 Å². The van der Waals surface area contributed by atoms with Crippen LogP contribution in [0.5, 0.6) is 0 Å². The van der Waals surface area contributed by atoms with Crippen LogP contribution in [0.1, 0.15) is 5.56 Å². The maximum absolute atomic E-state index is 12.4. The average Bonchev–Trinajstić information content (AvgIpc) is 3.27. The number of esters is 1. The molecule has 4 aromatic rings. The molecule has 0 fully saturated rings. The number of nitrogens with one attached hydrogen (secondary N) is 1. The fourth-order valence-corrected chi connectivity index (χ4v) is 3.74. The van der Waals surface area contributed by atoms with Gasteiger partial charge in [-0.25, -0.2) is 4.79 Å². The zero-order chi connectivity index (χ0) is 22.3. The highest BCUT2D eigenvalue weighted by atomic mass is 32.2. The third-order valence-electron chi connectivity index (χ3n) is 4.57. The van der Waals surface area contributed by atoms with Crippen LogP contribution in [-0.2, 0) is 9.53 Å². The maximum Gasteiger partial charge on any atom is 0.365 e. The van der Waals surface area contributed by atoms with E-state index in [0.717, 1.165) is 34.3 Å². The lowest BCUT2D eigenvalue weighted by Gasteiger charge is -2.11. The Labute approximate surface area is 190 Å². The number of aromatic nitrogens is 3. The first-order chi connectivity index (χ1) is 15.7. The van der Waals surface area contributed by atoms with Gasteiger partial charge in [0.15, 0.2) is 5.82 Å². The standard InChI is InChI=1S/C24H21N5O2S/c1-17-13-15-19(16-14-17)25-27-22(23(30)31-2)32-24-28-26-21(18-9-5-3-6-10-18)29(24)20-11-7-4-8-12-20/h3-16,25H,1-2H3. The molecule has 0 aliphatic carbocycles. The van der Waals surface area contributed by atoms with E-state index in [1.807, 2.05) is 96.4 Å². The van der Waals surface area contributed by atoms with Crippen molar-refractivity contribution in [3.63, 3.8) is 0 Å². The zero-order valence-corrected chi connectivity index (χ0v) is 18.4. The number of benzene rings is 3. The van der Waals surface area contributed by atoms with Crippen LogP contribution in [0.15, 0.2) is 95.2 Å². The molecule has 0 amide bonds. The highest BCUT2D eigenvalue weighted by molar-refractivity contribution is 8.15. The molecule has 8 heteroatoms. The molecule has 1 N–H and O–H groups in total. The van der Waals surface area contributed by atoms with Gasteiger partial charge in [-0.15, -0.1) is 10.2 Å². The molecule has 0 saturated carbocycles. The predicted octanol–water partition coefficient (Wildman–Crippen LogP) is 4.93. The summed E-state index contributed by atoms with van der Waals surface area (Å²) in [5.74, 6) is 0.0912. The smallest absolute Gasteiger partial charge is 0.365 e. The van der Waals surface area contributed by atoms with Crippen LogP contribution in [0.2, 0.25) is 0 Å². The molecular weight excluding hydrogens is 422 g/mol. The molecule has 0 aliphatic heterocycles. The van der Waals surface area contributed by atoms with Crippen LogP contribution in [0, 0.1) is 6.92 Å². The normalized spacial score (nSPS) is 11.2. The van der Waals surface area contributed by atoms with Gasteiger partial charge in [-0.2, -0.15) is 5.10 Å². The van der Waals surface area contributed by atoms with E-state index in [1.165, 1.54) is 7.11 Å². The highest BCUT2D eigenvalue weighted by Crippen LogP contribution is 2.29. The van der Waals surface area contributed by atoms with Crippen molar-refractivity contribution < 1.29 is 9.53 Å². The molecule has 0 unspecified atom stereocenters. The summed E-state index contributed by atoms with van der Waals surface area (Å²) in [6.45, 7) is 2.00. The Morgan fingerprint density at radius 2 is 1.59 bits per heavy atom. The van der Waals surface area contributed by atoms with E-state index in [9.17, 15) is 4.79 Å². The summed E-state index contributed by atoms with van der Waals surface area (Å²) in [6, 6.07) is 27.2. The van der Waals surface area contributed by atoms with Crippen molar-refractivity contribution in [2.75, 3.05) is 12.5 Å². The fraction of sp³-hybridized carbons (Fsp3) is 0.0833. The second kappa shape index (κ2) is 9.93. The summed E-state index contributed by atoms with van der Waals surface area (Å²) >= 11 is 1.08. The van der Waals surface area contributed by atoms with E-state index in [1.54, 1.807) is 0 Å². The average molecular weight is 444 g/mol. The summed E-state index contributed by atoms with van der Waals surface area (Å²) in [6.07, 6.45) is 0. The van der Waals surface area contributed by atoms with Crippen molar-refractivity contribution in [2.45, 2.75) is 12.1 Å². The van der Waals surface area contributed by atoms with Crippen molar-refractivity contribution in [3.8, 4) is 17.1 Å². The summed E-state index contributed by atoms with van der Waals surface area (Å²) in [5.41, 5.74) is 6.58. The molecule has 0 radical (unpaired) electrons. The van der Waals surface area contributed by atoms with Crippen LogP contribution in [0.25, 0.3) is 17.1 Å². The lowest BCUT2D eigenvalue weighted by atomic mass is 10.2. The number of aryl methyl sites for hydroxylation is 1. The van der Waals surface area contributed by atoms with E-state index in [4.69, 9.17) is 4.74 Å². The number of hydrogen-bond acceptors (Lipinski definition) is 7. The number of carbonyl (C=O) groups excluding carboxylic acids is 1. The van der Waals surface area contributed by atoms with E-state index in [2.05, 4.69) is 20.7 Å². The molecule has 3 aromatic carbocycles. The molecule has 0 aliphatic rings. The zero-order valence-electron chi connectivity index (χ0n) is 17.6. The quantitative estimate of drug-likeness (QED) is 0.155. The number of hydrazone groups is 1. The monoisotopic (exact) mass is 443 g/mol. The van der Waals surface area contributed by atoms with Gasteiger partial charge in [-0.3, -0.25) is 9.99 Å². The Bertz CT molecular complexity index is 1220. The highest BCUT2D eigenvalue weighted by Gasteiger charge is 2.22. The van der Waals surface area contributed by atoms with Gasteiger partial charge < -0.3 is 4.74 Å². The molecular formula is C24H21N5O2S. The van der Waals surface area contributed by atoms with Gasteiger partial charge in [-0.1, -0.05) is 66.2 Å². The van der Waals surface area contributed by atoms with Crippen molar-refractivity contribution in [2.24, 2.45) is 5.10 Å². The Hall–Kier alpha value is -3.91. The Balaban J connectivity index is 1.72. The number of anilines is 1. The third kappa shape index (κ3) is 4.87. The van der Waals surface area contributed by atoms with Gasteiger partial charge in [0, 0.05) is 11.3 Å². The largest absolute Gasteiger partial charge is 0.464 e. The Morgan fingerprint density at radius 1 is 0.938 bits per heavy atom. The van der Waals surface area contributed by atoms with Crippen molar-refractivity contribution >= 4 is 28.5 Å². The first-order valence-corrected chi connectivity index (χ1v) is 10.7. The molecule has 160 valence electrons. The van der Waals surface area contributed by atoms with Gasteiger partial charge in [0.25, 0.3) is 0 Å². The molecule has 4 rings (SSSR count). The minimum absolute atomic E-state index is 0.109. The molecule has 0 bridgehead atoms. The van der Waals surface area contributed by atoms with Gasteiger partial charge >= 0.3 is 5.97 Å². The van der Waals surface area contributed by atoms with Crippen molar-refractivity contribution in [3.05, 3.63) is 90.5 Å². The number of thioether (sulfide) groups is 1. The van der Waals surface area contributed by atoms with Gasteiger partial charge in [0.2, 0.25) is 10.2 Å². The van der Waals surface area contributed by atoms with Crippen LogP contribution in [-0.4, -0.2) is 32.9 Å². The Kier molecular flexibility index (Phi) is 6.62. The van der Waals surface area contributed by atoms with Crippen LogP contribution in [0.4, 0.5) is 5.69 Å². The number of rotatable bonds is 5. The lowest BCUT2D eigenvalue weighted by Crippen LogP contribution is -2.15. The molecule has 0 spiro atoms. The predicted molar refractivity (Wildman–Crippen MR) is 127 cm³/mol. The number of para-hydroxylation sites is 1. The molecule has 1 heterocycles. The molecule has 0 saturated heterocycles. The van der Waals surface area contributed by atoms with E-state index >= 15 is 0 Å². The van der Waals surface area contributed by atoms with Gasteiger partial charge in [0.1, 0.15) is 0 Å². The minimum Gasteiger partial charge on any atom is -0.464 e. The second-order valence-electron chi connectivity index (χ2n) is 6.83. The number of ether oxygens (including phenoxy) is 1. The minimum atomic E-state index is -0.571. The van der Waals surface area contributed by atoms with E-state index in [0.29, 0.717) is 11.0 Å². The van der Waals surface area contributed by atoms with Crippen molar-refractivity contribution in [1.82, 2.24) is 14.8 Å². The third-order valence-corrected chi connectivity index (χ3v) is 5.46. The first-order valence-electron chi connectivity index (χ1n) is 9.88. The van der Waals surface area contributed by atoms with Crippen LogP contribution >= 0.6 is 11.8 Å². The molecule has 32 heavy (non-hydrogen) atoms. The van der Waals surface area contributed by atoms with Crippen molar-refractivity contribution in [1.29, 1.82) is 0 Å². The van der Waals surface area contributed by atoms with Gasteiger partial charge in [0.05, 0.1) is 12.8 Å². The SMILES string of the molecule is COC(=O)C(=NNc1ccc(C)cc1)Sc1nnc(-c2ccccc2)n1-c1ccccc1. The molecule has 0 atom stereocenters. The van der Waals surface area contributed by atoms with Crippen LogP contribution in [0.3, 0.4) is 0 Å². The van der Waals surface area contributed by atoms with E-state index in [-0.39, 0.29) is 5.04 Å². The van der Waals surface area contributed by atoms with Crippen LogP contribution < -0.4 is 5.43 Å². The number of hydrogen-bond donors (Lipinski definition) is 1. The molecule has 7 nitrogen and oxygen atoms in total. The molecule has 1 aromatic heterocycles. The fourth-order valence-electron chi connectivity index (χ4n) is 2.95. The summed E-state index contributed by atoms with van der Waals surface area (Å²) in [7, 11) is 1.32. The number of methoxy groups -OCH3 is 1. The summed E-state index contributed by atoms with van der Waals surface area (Å²) in [4.78, 5) is 12.4. The topological polar surface area (TPSA) is 81.4 Å². The summed E-state index contributed by atoms with van der Waals surface area (Å²) < 4.78 is 6.83. The lowest BCUT2D eigenvalue weighted by molar-refractivity contribution is -0.132.